The molecule has 0 bridgehead atoms. The number of rotatable bonds is 1. The molecule has 12 heavy (non-hydrogen) atoms. The summed E-state index contributed by atoms with van der Waals surface area (Å²) in [6.45, 7) is 0.463. The predicted octanol–water partition coefficient (Wildman–Crippen LogP) is 1.07. The number of nitrogens with two attached hydrogens (primary N) is 1. The largest absolute Gasteiger partial charge is 0.326 e. The molecular weight excluding hydrogens is 176 g/mol. The molecule has 0 aliphatic rings. The number of nitrogens with zero attached hydrogens (tertiary/aromatic N) is 2. The molecule has 2 aromatic rings. The van der Waals surface area contributed by atoms with Crippen molar-refractivity contribution in [2.45, 2.75) is 6.54 Å². The Morgan fingerprint density at radius 3 is 3.17 bits per heavy atom. The van der Waals surface area contributed by atoms with Gasteiger partial charge in [0.2, 0.25) is 0 Å². The third-order valence-corrected chi connectivity index (χ3v) is 1.94. The SMILES string of the molecule is NCc1cnc2n[nH]c(Cl)c2c1. The Morgan fingerprint density at radius 2 is 2.42 bits per heavy atom. The summed E-state index contributed by atoms with van der Waals surface area (Å²) in [6, 6.07) is 1.88. The van der Waals surface area contributed by atoms with Gasteiger partial charge in [0.15, 0.2) is 5.65 Å². The number of aromatic nitrogens is 3. The molecule has 2 heterocycles. The molecule has 0 atom stereocenters. The molecule has 5 heteroatoms. The molecule has 0 aliphatic heterocycles. The summed E-state index contributed by atoms with van der Waals surface area (Å²) in [5.41, 5.74) is 7.02. The monoisotopic (exact) mass is 182 g/mol. The topological polar surface area (TPSA) is 67.6 Å². The van der Waals surface area contributed by atoms with Gasteiger partial charge in [-0.1, -0.05) is 11.6 Å². The fraction of sp³-hybridized carbons (Fsp3) is 0.143. The number of hydrogen-bond donors (Lipinski definition) is 2. The smallest absolute Gasteiger partial charge is 0.182 e. The van der Waals surface area contributed by atoms with E-state index in [1.165, 1.54) is 0 Å². The van der Waals surface area contributed by atoms with Gasteiger partial charge in [-0.2, -0.15) is 5.10 Å². The fourth-order valence-corrected chi connectivity index (χ4v) is 1.21. The Kier molecular flexibility index (Phi) is 1.71. The first-order chi connectivity index (χ1) is 5.81. The van der Waals surface area contributed by atoms with Crippen LogP contribution in [-0.4, -0.2) is 15.2 Å². The van der Waals surface area contributed by atoms with Crippen LogP contribution in [0.25, 0.3) is 11.0 Å². The third kappa shape index (κ3) is 1.05. The van der Waals surface area contributed by atoms with E-state index in [4.69, 9.17) is 17.3 Å². The zero-order valence-electron chi connectivity index (χ0n) is 6.21. The van der Waals surface area contributed by atoms with Crippen LogP contribution < -0.4 is 5.73 Å². The van der Waals surface area contributed by atoms with E-state index in [0.29, 0.717) is 17.3 Å². The van der Waals surface area contributed by atoms with Gasteiger partial charge in [-0.05, 0) is 11.6 Å². The number of pyridine rings is 1. The Balaban J connectivity index is 2.71. The Hall–Kier alpha value is -1.13. The van der Waals surface area contributed by atoms with Gasteiger partial charge in [-0.25, -0.2) is 4.98 Å². The standard InChI is InChI=1S/C7H7ClN4/c8-6-5-1-4(2-9)3-10-7(5)12-11-6/h1,3H,2,9H2,(H,10,11,12). The van der Waals surface area contributed by atoms with E-state index in [0.717, 1.165) is 10.9 Å². The zero-order valence-corrected chi connectivity index (χ0v) is 6.97. The van der Waals surface area contributed by atoms with Crippen molar-refractivity contribution in [1.29, 1.82) is 0 Å². The Bertz CT molecular complexity index is 409. The van der Waals surface area contributed by atoms with Crippen molar-refractivity contribution in [1.82, 2.24) is 15.2 Å². The van der Waals surface area contributed by atoms with Crippen LogP contribution in [0.15, 0.2) is 12.3 Å². The molecule has 0 unspecified atom stereocenters. The minimum atomic E-state index is 0.463. The van der Waals surface area contributed by atoms with Crippen LogP contribution in [0.1, 0.15) is 5.56 Å². The first-order valence-corrected chi connectivity index (χ1v) is 3.87. The Labute approximate surface area is 73.7 Å². The van der Waals surface area contributed by atoms with Gasteiger partial charge in [-0.15, -0.1) is 0 Å². The first kappa shape index (κ1) is 7.52. The summed E-state index contributed by atoms with van der Waals surface area (Å²) >= 11 is 5.80. The number of aromatic amines is 1. The van der Waals surface area contributed by atoms with E-state index in [1.807, 2.05) is 6.07 Å². The normalized spacial score (nSPS) is 10.8. The van der Waals surface area contributed by atoms with Gasteiger partial charge in [0.05, 0.1) is 5.39 Å². The van der Waals surface area contributed by atoms with Crippen LogP contribution in [0, 0.1) is 0 Å². The summed E-state index contributed by atoms with van der Waals surface area (Å²) in [7, 11) is 0. The molecule has 0 spiro atoms. The molecule has 62 valence electrons. The van der Waals surface area contributed by atoms with E-state index in [2.05, 4.69) is 15.2 Å². The maximum atomic E-state index is 5.80. The number of H-pyrrole nitrogens is 1. The summed E-state index contributed by atoms with van der Waals surface area (Å²) < 4.78 is 0. The average Bonchev–Trinajstić information content (AvgIpc) is 2.47. The van der Waals surface area contributed by atoms with Crippen LogP contribution >= 0.6 is 11.6 Å². The molecule has 2 aromatic heterocycles. The molecule has 0 radical (unpaired) electrons. The van der Waals surface area contributed by atoms with Gasteiger partial charge in [0.25, 0.3) is 0 Å². The summed E-state index contributed by atoms with van der Waals surface area (Å²) in [5.74, 6) is 0. The van der Waals surface area contributed by atoms with Gasteiger partial charge in [0.1, 0.15) is 5.15 Å². The fourth-order valence-electron chi connectivity index (χ4n) is 1.03. The highest BCUT2D eigenvalue weighted by molar-refractivity contribution is 6.34. The lowest BCUT2D eigenvalue weighted by atomic mass is 10.2. The Morgan fingerprint density at radius 1 is 1.58 bits per heavy atom. The summed E-state index contributed by atoms with van der Waals surface area (Å²) in [5, 5.41) is 7.85. The number of hydrogen-bond acceptors (Lipinski definition) is 3. The second-order valence-electron chi connectivity index (χ2n) is 2.46. The van der Waals surface area contributed by atoms with Crippen LogP contribution in [0.2, 0.25) is 5.15 Å². The first-order valence-electron chi connectivity index (χ1n) is 3.50. The van der Waals surface area contributed by atoms with Crippen LogP contribution in [0.4, 0.5) is 0 Å². The van der Waals surface area contributed by atoms with Crippen LogP contribution in [0.5, 0.6) is 0 Å². The van der Waals surface area contributed by atoms with Crippen molar-refractivity contribution in [3.05, 3.63) is 23.0 Å². The van der Waals surface area contributed by atoms with E-state index >= 15 is 0 Å². The lowest BCUT2D eigenvalue weighted by molar-refractivity contribution is 1.05. The van der Waals surface area contributed by atoms with Crippen molar-refractivity contribution >= 4 is 22.6 Å². The van der Waals surface area contributed by atoms with Crippen molar-refractivity contribution in [3.63, 3.8) is 0 Å². The maximum Gasteiger partial charge on any atom is 0.182 e. The summed E-state index contributed by atoms with van der Waals surface area (Å²) in [4.78, 5) is 4.07. The van der Waals surface area contributed by atoms with Gasteiger partial charge < -0.3 is 5.73 Å². The lowest BCUT2D eigenvalue weighted by Crippen LogP contribution is -1.96. The van der Waals surface area contributed by atoms with E-state index in [-0.39, 0.29) is 0 Å². The molecule has 0 fully saturated rings. The highest BCUT2D eigenvalue weighted by atomic mass is 35.5. The zero-order chi connectivity index (χ0) is 8.55. The second-order valence-corrected chi connectivity index (χ2v) is 2.83. The van der Waals surface area contributed by atoms with Crippen molar-refractivity contribution in [2.24, 2.45) is 5.73 Å². The van der Waals surface area contributed by atoms with E-state index < -0.39 is 0 Å². The van der Waals surface area contributed by atoms with E-state index in [1.54, 1.807) is 6.20 Å². The molecule has 0 amide bonds. The molecule has 0 aromatic carbocycles. The molecular formula is C7H7ClN4. The van der Waals surface area contributed by atoms with Gasteiger partial charge in [-0.3, -0.25) is 5.10 Å². The average molecular weight is 183 g/mol. The van der Waals surface area contributed by atoms with Gasteiger partial charge in [0, 0.05) is 12.7 Å². The maximum absolute atomic E-state index is 5.80. The van der Waals surface area contributed by atoms with Crippen molar-refractivity contribution in [3.8, 4) is 0 Å². The highest BCUT2D eigenvalue weighted by Crippen LogP contribution is 2.18. The summed E-state index contributed by atoms with van der Waals surface area (Å²) in [6.07, 6.45) is 1.69. The predicted molar refractivity (Wildman–Crippen MR) is 46.8 cm³/mol. The van der Waals surface area contributed by atoms with Gasteiger partial charge >= 0.3 is 0 Å². The molecule has 4 nitrogen and oxygen atoms in total. The quantitative estimate of drug-likeness (QED) is 0.693. The highest BCUT2D eigenvalue weighted by Gasteiger charge is 2.03. The number of halogens is 1. The molecule has 0 aliphatic carbocycles. The molecule has 3 N–H and O–H groups in total. The lowest BCUT2D eigenvalue weighted by Gasteiger charge is -1.93. The van der Waals surface area contributed by atoms with Crippen molar-refractivity contribution in [2.75, 3.05) is 0 Å². The minimum absolute atomic E-state index is 0.463. The molecule has 0 saturated heterocycles. The molecule has 2 rings (SSSR count). The van der Waals surface area contributed by atoms with E-state index in [9.17, 15) is 0 Å². The van der Waals surface area contributed by atoms with Crippen LogP contribution in [0.3, 0.4) is 0 Å². The van der Waals surface area contributed by atoms with Crippen LogP contribution in [-0.2, 0) is 6.54 Å². The third-order valence-electron chi connectivity index (χ3n) is 1.66. The minimum Gasteiger partial charge on any atom is -0.326 e. The second kappa shape index (κ2) is 2.73. The van der Waals surface area contributed by atoms with Crippen molar-refractivity contribution < 1.29 is 0 Å². The molecule has 0 saturated carbocycles. The number of fused-ring (bicyclic) bond motifs is 1. The number of nitrogens with one attached hydrogen (secondary N) is 1.